The molecule has 0 aromatic rings. The van der Waals surface area contributed by atoms with Crippen molar-refractivity contribution in [2.75, 3.05) is 39.3 Å². The summed E-state index contributed by atoms with van der Waals surface area (Å²) in [5.74, 6) is 1.78. The molecule has 1 saturated heterocycles. The molecule has 4 nitrogen and oxygen atoms in total. The molecule has 0 radical (unpaired) electrons. The zero-order valence-electron chi connectivity index (χ0n) is 14.7. The van der Waals surface area contributed by atoms with Gasteiger partial charge in [-0.2, -0.15) is 0 Å². The maximum atomic E-state index is 12.4. The molecule has 1 atom stereocenters. The van der Waals surface area contributed by atoms with Crippen molar-refractivity contribution in [1.82, 2.24) is 15.1 Å². The number of nitrogens with zero attached hydrogens (tertiary/aromatic N) is 2. The number of piperidine rings is 1. The molecular weight excluding hydrogens is 262 g/mol. The van der Waals surface area contributed by atoms with Gasteiger partial charge in [0.2, 0.25) is 5.91 Å². The third-order valence-corrected chi connectivity index (χ3v) is 4.61. The van der Waals surface area contributed by atoms with Crippen LogP contribution in [0, 0.1) is 11.8 Å². The van der Waals surface area contributed by atoms with Crippen LogP contribution in [0.4, 0.5) is 0 Å². The number of amides is 1. The lowest BCUT2D eigenvalue weighted by Crippen LogP contribution is -2.50. The number of rotatable bonds is 8. The van der Waals surface area contributed by atoms with Crippen LogP contribution in [-0.2, 0) is 4.79 Å². The van der Waals surface area contributed by atoms with Gasteiger partial charge in [0.15, 0.2) is 0 Å². The predicted octanol–water partition coefficient (Wildman–Crippen LogP) is 2.20. The number of carbonyl (C=O) groups excluding carboxylic acids is 1. The summed E-state index contributed by atoms with van der Waals surface area (Å²) in [5.41, 5.74) is 0. The van der Waals surface area contributed by atoms with Crippen LogP contribution in [0.2, 0.25) is 0 Å². The second kappa shape index (κ2) is 9.42. The predicted molar refractivity (Wildman–Crippen MR) is 89.4 cm³/mol. The first-order valence-electron chi connectivity index (χ1n) is 8.73. The SMILES string of the molecule is CCN(CC)C(=O)C(C)N1CCC(CNCC(C)C)CC1. The molecule has 1 heterocycles. The van der Waals surface area contributed by atoms with Crippen LogP contribution in [0.3, 0.4) is 0 Å². The van der Waals surface area contributed by atoms with Crippen molar-refractivity contribution in [3.8, 4) is 0 Å². The number of carbonyl (C=O) groups is 1. The number of nitrogens with one attached hydrogen (secondary N) is 1. The number of hydrogen-bond acceptors (Lipinski definition) is 3. The fraction of sp³-hybridized carbons (Fsp3) is 0.941. The Labute approximate surface area is 131 Å². The lowest BCUT2D eigenvalue weighted by molar-refractivity contribution is -0.136. The second-order valence-electron chi connectivity index (χ2n) is 6.72. The lowest BCUT2D eigenvalue weighted by Gasteiger charge is -2.37. The Hall–Kier alpha value is -0.610. The third-order valence-electron chi connectivity index (χ3n) is 4.61. The summed E-state index contributed by atoms with van der Waals surface area (Å²) in [6, 6.07) is 0.0365. The minimum absolute atomic E-state index is 0.0365. The summed E-state index contributed by atoms with van der Waals surface area (Å²) in [6.45, 7) is 16.7. The van der Waals surface area contributed by atoms with E-state index in [-0.39, 0.29) is 11.9 Å². The van der Waals surface area contributed by atoms with Gasteiger partial charge in [0.1, 0.15) is 0 Å². The highest BCUT2D eigenvalue weighted by Gasteiger charge is 2.28. The van der Waals surface area contributed by atoms with E-state index in [0.29, 0.717) is 0 Å². The number of likely N-dealkylation sites (N-methyl/N-ethyl adjacent to an activating group) is 1. The molecule has 1 rings (SSSR count). The Morgan fingerprint density at radius 1 is 1.19 bits per heavy atom. The van der Waals surface area contributed by atoms with Gasteiger partial charge in [-0.25, -0.2) is 0 Å². The molecular formula is C17H35N3O. The first-order chi connectivity index (χ1) is 9.99. The minimum atomic E-state index is 0.0365. The number of likely N-dealkylation sites (tertiary alicyclic amines) is 1. The molecule has 0 aliphatic carbocycles. The van der Waals surface area contributed by atoms with Crippen LogP contribution >= 0.6 is 0 Å². The molecule has 1 fully saturated rings. The Morgan fingerprint density at radius 2 is 1.76 bits per heavy atom. The molecule has 1 N–H and O–H groups in total. The van der Waals surface area contributed by atoms with E-state index in [9.17, 15) is 4.79 Å². The average molecular weight is 297 g/mol. The van der Waals surface area contributed by atoms with Crippen molar-refractivity contribution >= 4 is 5.91 Å². The minimum Gasteiger partial charge on any atom is -0.342 e. The number of hydrogen-bond donors (Lipinski definition) is 1. The van der Waals surface area contributed by atoms with E-state index in [1.54, 1.807) is 0 Å². The highest BCUT2D eigenvalue weighted by molar-refractivity contribution is 5.81. The molecule has 4 heteroatoms. The fourth-order valence-corrected chi connectivity index (χ4v) is 3.08. The quantitative estimate of drug-likeness (QED) is 0.746. The summed E-state index contributed by atoms with van der Waals surface area (Å²) in [5, 5.41) is 3.56. The third kappa shape index (κ3) is 5.95. The Kier molecular flexibility index (Phi) is 8.27. The van der Waals surface area contributed by atoms with Crippen LogP contribution < -0.4 is 5.32 Å². The molecule has 0 saturated carbocycles. The van der Waals surface area contributed by atoms with Gasteiger partial charge in [-0.1, -0.05) is 13.8 Å². The van der Waals surface area contributed by atoms with Crippen molar-refractivity contribution < 1.29 is 4.79 Å². The van der Waals surface area contributed by atoms with Gasteiger partial charge in [0.05, 0.1) is 6.04 Å². The fourth-order valence-electron chi connectivity index (χ4n) is 3.08. The maximum absolute atomic E-state index is 12.4. The van der Waals surface area contributed by atoms with E-state index >= 15 is 0 Å². The lowest BCUT2D eigenvalue weighted by atomic mass is 9.95. The van der Waals surface area contributed by atoms with E-state index in [2.05, 4.69) is 44.8 Å². The van der Waals surface area contributed by atoms with Gasteiger partial charge >= 0.3 is 0 Å². The molecule has 124 valence electrons. The molecule has 21 heavy (non-hydrogen) atoms. The molecule has 1 amide bonds. The summed E-state index contributed by atoms with van der Waals surface area (Å²) in [6.07, 6.45) is 2.42. The van der Waals surface area contributed by atoms with E-state index in [1.807, 2.05) is 4.90 Å². The van der Waals surface area contributed by atoms with Crippen molar-refractivity contribution in [2.24, 2.45) is 11.8 Å². The molecule has 1 aliphatic heterocycles. The van der Waals surface area contributed by atoms with Gasteiger partial charge in [-0.3, -0.25) is 9.69 Å². The van der Waals surface area contributed by atoms with Crippen LogP contribution in [0.15, 0.2) is 0 Å². The second-order valence-corrected chi connectivity index (χ2v) is 6.72. The van der Waals surface area contributed by atoms with Gasteiger partial charge in [-0.15, -0.1) is 0 Å². The Bertz CT molecular complexity index is 294. The molecule has 0 spiro atoms. The van der Waals surface area contributed by atoms with Crippen LogP contribution in [-0.4, -0.2) is 61.0 Å². The van der Waals surface area contributed by atoms with Gasteiger partial charge in [0, 0.05) is 13.1 Å². The van der Waals surface area contributed by atoms with Crippen molar-refractivity contribution in [3.63, 3.8) is 0 Å². The van der Waals surface area contributed by atoms with Gasteiger partial charge < -0.3 is 10.2 Å². The Balaban J connectivity index is 2.33. The molecule has 1 unspecified atom stereocenters. The zero-order valence-corrected chi connectivity index (χ0v) is 14.7. The van der Waals surface area contributed by atoms with Gasteiger partial charge in [0.25, 0.3) is 0 Å². The molecule has 0 bridgehead atoms. The van der Waals surface area contributed by atoms with Crippen LogP contribution in [0.5, 0.6) is 0 Å². The summed E-state index contributed by atoms with van der Waals surface area (Å²) < 4.78 is 0. The van der Waals surface area contributed by atoms with Crippen LogP contribution in [0.25, 0.3) is 0 Å². The summed E-state index contributed by atoms with van der Waals surface area (Å²) in [4.78, 5) is 16.7. The monoisotopic (exact) mass is 297 g/mol. The summed E-state index contributed by atoms with van der Waals surface area (Å²) >= 11 is 0. The van der Waals surface area contributed by atoms with E-state index in [4.69, 9.17) is 0 Å². The highest BCUT2D eigenvalue weighted by Crippen LogP contribution is 2.19. The molecule has 0 aromatic heterocycles. The van der Waals surface area contributed by atoms with Gasteiger partial charge in [-0.05, 0) is 71.6 Å². The van der Waals surface area contributed by atoms with E-state index < -0.39 is 0 Å². The Morgan fingerprint density at radius 3 is 2.24 bits per heavy atom. The zero-order chi connectivity index (χ0) is 15.8. The van der Waals surface area contributed by atoms with Crippen molar-refractivity contribution in [2.45, 2.75) is 53.5 Å². The highest BCUT2D eigenvalue weighted by atomic mass is 16.2. The first kappa shape index (κ1) is 18.4. The van der Waals surface area contributed by atoms with Crippen LogP contribution in [0.1, 0.15) is 47.5 Å². The average Bonchev–Trinajstić information content (AvgIpc) is 2.48. The topological polar surface area (TPSA) is 35.6 Å². The molecule has 0 aromatic carbocycles. The molecule has 1 aliphatic rings. The normalized spacial score (nSPS) is 19.0. The maximum Gasteiger partial charge on any atom is 0.239 e. The van der Waals surface area contributed by atoms with E-state index in [1.165, 1.54) is 12.8 Å². The largest absolute Gasteiger partial charge is 0.342 e. The smallest absolute Gasteiger partial charge is 0.239 e. The van der Waals surface area contributed by atoms with E-state index in [0.717, 1.165) is 51.1 Å². The summed E-state index contributed by atoms with van der Waals surface area (Å²) in [7, 11) is 0. The van der Waals surface area contributed by atoms with Crippen molar-refractivity contribution in [1.29, 1.82) is 0 Å². The first-order valence-corrected chi connectivity index (χ1v) is 8.73. The van der Waals surface area contributed by atoms with Crippen molar-refractivity contribution in [3.05, 3.63) is 0 Å². The standard InChI is InChI=1S/C17H35N3O/c1-6-19(7-2)17(21)15(5)20-10-8-16(9-11-20)13-18-12-14(3)4/h14-16,18H,6-13H2,1-5H3.